The minimum absolute atomic E-state index is 0.0968. The fourth-order valence-electron chi connectivity index (χ4n) is 4.56. The van der Waals surface area contributed by atoms with Crippen LogP contribution in [0, 0.1) is 5.41 Å². The van der Waals surface area contributed by atoms with Gasteiger partial charge in [-0.2, -0.15) is 0 Å². The van der Waals surface area contributed by atoms with Crippen molar-refractivity contribution in [1.29, 1.82) is 0 Å². The normalized spacial score (nSPS) is 17.8. The minimum Gasteiger partial charge on any atom is -0.548 e. The Labute approximate surface area is 215 Å². The van der Waals surface area contributed by atoms with E-state index in [0.717, 1.165) is 17.6 Å². The summed E-state index contributed by atoms with van der Waals surface area (Å²) in [5.74, 6) is -1.83. The van der Waals surface area contributed by atoms with Crippen molar-refractivity contribution in [2.45, 2.75) is 59.9 Å². The third kappa shape index (κ3) is 8.09. The number of anilines is 1. The molecule has 1 aromatic carbocycles. The van der Waals surface area contributed by atoms with E-state index in [1.807, 2.05) is 32.1 Å². The van der Waals surface area contributed by atoms with Crippen LogP contribution in [0.15, 0.2) is 76.9 Å². The molecule has 0 spiro atoms. The first-order valence-electron chi connectivity index (χ1n) is 12.2. The number of phenols is 1. The molecule has 0 bridgehead atoms. The zero-order chi connectivity index (χ0) is 27.0. The van der Waals surface area contributed by atoms with Gasteiger partial charge in [-0.3, -0.25) is 9.69 Å². The van der Waals surface area contributed by atoms with E-state index in [4.69, 9.17) is 0 Å². The Hall–Kier alpha value is -3.38. The molecule has 2 N–H and O–H groups in total. The largest absolute Gasteiger partial charge is 0.548 e. The predicted molar refractivity (Wildman–Crippen MR) is 144 cm³/mol. The number of carboxylic acid groups (broad SMARTS) is 1. The number of hydrogen-bond donors (Lipinski definition) is 2. The molecule has 1 unspecified atom stereocenters. The van der Waals surface area contributed by atoms with Gasteiger partial charge in [0.1, 0.15) is 5.75 Å². The van der Waals surface area contributed by atoms with Gasteiger partial charge in [-0.15, -0.1) is 0 Å². The predicted octanol–water partition coefficient (Wildman–Crippen LogP) is 5.21. The summed E-state index contributed by atoms with van der Waals surface area (Å²) in [5.41, 5.74) is 5.46. The summed E-state index contributed by atoms with van der Waals surface area (Å²) in [6.07, 6.45) is 15.1. The van der Waals surface area contributed by atoms with Crippen LogP contribution in [0.4, 0.5) is 5.69 Å². The number of carboxylic acids is 1. The smallest absolute Gasteiger partial charge is 0.248 e. The van der Waals surface area contributed by atoms with E-state index in [9.17, 15) is 19.8 Å². The van der Waals surface area contributed by atoms with E-state index in [2.05, 4.69) is 38.2 Å². The fraction of sp³-hybridized carbons (Fsp3) is 0.400. The first-order chi connectivity index (χ1) is 16.8. The molecule has 0 heterocycles. The van der Waals surface area contributed by atoms with Crippen LogP contribution >= 0.6 is 0 Å². The molecule has 1 amide bonds. The van der Waals surface area contributed by atoms with Crippen LogP contribution in [-0.4, -0.2) is 36.0 Å². The van der Waals surface area contributed by atoms with Gasteiger partial charge in [-0.05, 0) is 88.9 Å². The van der Waals surface area contributed by atoms with E-state index in [-0.39, 0.29) is 16.7 Å². The Balaban J connectivity index is 2.11. The van der Waals surface area contributed by atoms with Gasteiger partial charge in [-0.1, -0.05) is 55.4 Å². The Morgan fingerprint density at radius 3 is 2.47 bits per heavy atom. The van der Waals surface area contributed by atoms with Crippen LogP contribution in [-0.2, 0) is 9.59 Å². The summed E-state index contributed by atoms with van der Waals surface area (Å²) in [6, 6.07) is 3.06. The summed E-state index contributed by atoms with van der Waals surface area (Å²) >= 11 is 0. The fourth-order valence-corrected chi connectivity index (χ4v) is 4.56. The highest BCUT2D eigenvalue weighted by molar-refractivity contribution is 6.01. The van der Waals surface area contributed by atoms with E-state index >= 15 is 0 Å². The lowest BCUT2D eigenvalue weighted by atomic mass is 9.72. The number of nitrogens with zero attached hydrogens (tertiary/aromatic N) is 1. The van der Waals surface area contributed by atoms with Crippen molar-refractivity contribution < 1.29 is 19.8 Å². The molecule has 1 aliphatic carbocycles. The van der Waals surface area contributed by atoms with Crippen molar-refractivity contribution in [2.75, 3.05) is 19.4 Å². The van der Waals surface area contributed by atoms with Crippen LogP contribution in [0.1, 0.15) is 65.5 Å². The molecule has 0 saturated carbocycles. The maximum absolute atomic E-state index is 12.6. The van der Waals surface area contributed by atoms with E-state index in [1.54, 1.807) is 14.1 Å². The molecule has 0 aliphatic heterocycles. The first-order valence-corrected chi connectivity index (χ1v) is 12.2. The van der Waals surface area contributed by atoms with Crippen molar-refractivity contribution in [3.63, 3.8) is 0 Å². The van der Waals surface area contributed by atoms with Gasteiger partial charge in [-0.25, -0.2) is 0 Å². The van der Waals surface area contributed by atoms with Crippen LogP contribution in [0.5, 0.6) is 5.75 Å². The number of aliphatic carboxylic acids is 1. The third-order valence-electron chi connectivity index (χ3n) is 6.46. The Morgan fingerprint density at radius 1 is 1.17 bits per heavy atom. The number of nitrogens with one attached hydrogen (secondary N) is 1. The summed E-state index contributed by atoms with van der Waals surface area (Å²) < 4.78 is 0. The number of benzene rings is 1. The summed E-state index contributed by atoms with van der Waals surface area (Å²) in [5, 5.41) is 24.2. The number of rotatable bonds is 9. The molecule has 0 radical (unpaired) electrons. The number of carbonyl (C=O) groups excluding carboxylic acids is 2. The van der Waals surface area contributed by atoms with Crippen molar-refractivity contribution >= 4 is 17.6 Å². The second kappa shape index (κ2) is 12.5. The first kappa shape index (κ1) is 28.9. The maximum atomic E-state index is 12.6. The highest BCUT2D eigenvalue weighted by atomic mass is 16.4. The molecule has 6 nitrogen and oxygen atoms in total. The number of amides is 1. The SMILES string of the molecule is CC1=C(/C=C/C(C)=C/C=C/C(C)=C/C(=O)Nc2ccc(O)cc2C(C(=O)[O-])N(C)C)C(C)(C)CCC1. The van der Waals surface area contributed by atoms with Crippen molar-refractivity contribution in [3.05, 3.63) is 82.5 Å². The molecule has 1 aromatic rings. The van der Waals surface area contributed by atoms with Gasteiger partial charge in [0.2, 0.25) is 5.91 Å². The van der Waals surface area contributed by atoms with Gasteiger partial charge in [0.05, 0.1) is 12.0 Å². The lowest BCUT2D eigenvalue weighted by molar-refractivity contribution is -0.311. The quantitative estimate of drug-likeness (QED) is 0.281. The van der Waals surface area contributed by atoms with Crippen LogP contribution in [0.3, 0.4) is 0 Å². The average molecular weight is 492 g/mol. The molecule has 194 valence electrons. The lowest BCUT2D eigenvalue weighted by Crippen LogP contribution is -2.38. The molecule has 1 atom stereocenters. The second-order valence-electron chi connectivity index (χ2n) is 10.4. The Bertz CT molecular complexity index is 1130. The van der Waals surface area contributed by atoms with Crippen LogP contribution < -0.4 is 10.4 Å². The monoisotopic (exact) mass is 491 g/mol. The summed E-state index contributed by atoms with van der Waals surface area (Å²) in [7, 11) is 3.17. The highest BCUT2D eigenvalue weighted by Crippen LogP contribution is 2.40. The lowest BCUT2D eigenvalue weighted by Gasteiger charge is -2.32. The van der Waals surface area contributed by atoms with Gasteiger partial charge < -0.3 is 20.3 Å². The highest BCUT2D eigenvalue weighted by Gasteiger charge is 2.26. The number of carbonyl (C=O) groups is 2. The number of aromatic hydroxyl groups is 1. The summed E-state index contributed by atoms with van der Waals surface area (Å²) in [4.78, 5) is 25.7. The van der Waals surface area contributed by atoms with Crippen molar-refractivity contribution in [2.24, 2.45) is 5.41 Å². The van der Waals surface area contributed by atoms with Gasteiger partial charge in [0, 0.05) is 17.3 Å². The molecule has 0 aromatic heterocycles. The Morgan fingerprint density at radius 2 is 1.86 bits per heavy atom. The summed E-state index contributed by atoms with van der Waals surface area (Å²) in [6.45, 7) is 10.7. The molecule has 0 saturated heterocycles. The molecular formula is C30H39N2O4-. The van der Waals surface area contributed by atoms with Gasteiger partial charge in [0.15, 0.2) is 0 Å². The van der Waals surface area contributed by atoms with Gasteiger partial charge >= 0.3 is 0 Å². The molecular weight excluding hydrogens is 452 g/mol. The van der Waals surface area contributed by atoms with Gasteiger partial charge in [0.25, 0.3) is 0 Å². The van der Waals surface area contributed by atoms with Crippen LogP contribution in [0.25, 0.3) is 0 Å². The number of allylic oxidation sites excluding steroid dienone is 9. The van der Waals surface area contributed by atoms with E-state index < -0.39 is 17.9 Å². The van der Waals surface area contributed by atoms with E-state index in [1.165, 1.54) is 53.2 Å². The Kier molecular flexibility index (Phi) is 10.1. The standard InChI is InChI=1S/C30H40N2O4/c1-20(13-15-25-22(3)12-9-17-30(25,4)5)10-8-11-21(2)18-27(34)31-26-16-14-23(33)19-24(26)28(29(35)36)32(6)7/h8,10-11,13-16,18-19,28,33H,9,12,17H2,1-7H3,(H,31,34)(H,35,36)/p-1/b11-8+,15-13+,20-10+,21-18+. The number of phenolic OH excluding ortho intramolecular Hbond substituents is 1. The van der Waals surface area contributed by atoms with Crippen LogP contribution in [0.2, 0.25) is 0 Å². The molecule has 2 rings (SSSR count). The topological polar surface area (TPSA) is 92.7 Å². The zero-order valence-electron chi connectivity index (χ0n) is 22.5. The zero-order valence-corrected chi connectivity index (χ0v) is 22.5. The average Bonchev–Trinajstić information content (AvgIpc) is 2.74. The maximum Gasteiger partial charge on any atom is 0.248 e. The van der Waals surface area contributed by atoms with E-state index in [0.29, 0.717) is 5.69 Å². The second-order valence-corrected chi connectivity index (χ2v) is 10.4. The number of likely N-dealkylation sites (N-methyl/N-ethyl adjacent to an activating group) is 1. The minimum atomic E-state index is -1.33. The van der Waals surface area contributed by atoms with Crippen molar-refractivity contribution in [1.82, 2.24) is 4.90 Å². The third-order valence-corrected chi connectivity index (χ3v) is 6.46. The molecule has 6 heteroatoms. The molecule has 1 aliphatic rings. The van der Waals surface area contributed by atoms with Crippen molar-refractivity contribution in [3.8, 4) is 5.75 Å². The molecule has 0 fully saturated rings. The number of hydrogen-bond acceptors (Lipinski definition) is 5. The molecule has 36 heavy (non-hydrogen) atoms.